The van der Waals surface area contributed by atoms with Crippen molar-refractivity contribution in [3.63, 3.8) is 0 Å². The summed E-state index contributed by atoms with van der Waals surface area (Å²) < 4.78 is 13.5. The zero-order chi connectivity index (χ0) is 12.6. The lowest BCUT2D eigenvalue weighted by Gasteiger charge is -2.21. The SMILES string of the molecule is CN(Cc1c(F)cccc1Cl)C(=O)C1(N)CC1.Cl. The molecule has 0 heterocycles. The lowest BCUT2D eigenvalue weighted by atomic mass is 10.1. The first-order valence-corrected chi connectivity index (χ1v) is 5.79. The number of hydrogen-bond donors (Lipinski definition) is 1. The van der Waals surface area contributed by atoms with E-state index in [2.05, 4.69) is 0 Å². The number of halogens is 3. The highest BCUT2D eigenvalue weighted by atomic mass is 35.5. The Morgan fingerprint density at radius 2 is 2.17 bits per heavy atom. The van der Waals surface area contributed by atoms with Crippen LogP contribution in [0.5, 0.6) is 0 Å². The van der Waals surface area contributed by atoms with Crippen molar-refractivity contribution in [1.29, 1.82) is 0 Å². The fourth-order valence-electron chi connectivity index (χ4n) is 1.72. The van der Waals surface area contributed by atoms with Crippen LogP contribution in [0.15, 0.2) is 18.2 Å². The van der Waals surface area contributed by atoms with Crippen LogP contribution in [0.4, 0.5) is 4.39 Å². The Labute approximate surface area is 116 Å². The molecule has 0 aromatic heterocycles. The van der Waals surface area contributed by atoms with E-state index in [-0.39, 0.29) is 24.9 Å². The Morgan fingerprint density at radius 3 is 2.67 bits per heavy atom. The third-order valence-corrected chi connectivity index (χ3v) is 3.37. The number of benzene rings is 1. The van der Waals surface area contributed by atoms with Crippen molar-refractivity contribution in [2.24, 2.45) is 5.73 Å². The summed E-state index contributed by atoms with van der Waals surface area (Å²) in [5.74, 6) is -0.559. The highest BCUT2D eigenvalue weighted by molar-refractivity contribution is 6.31. The molecular formula is C12H15Cl2FN2O. The first-order chi connectivity index (χ1) is 7.94. The fourth-order valence-corrected chi connectivity index (χ4v) is 1.94. The number of nitrogens with zero attached hydrogens (tertiary/aromatic N) is 1. The monoisotopic (exact) mass is 292 g/mol. The summed E-state index contributed by atoms with van der Waals surface area (Å²) in [6.45, 7) is 0.142. The van der Waals surface area contributed by atoms with Gasteiger partial charge in [-0.15, -0.1) is 12.4 Å². The van der Waals surface area contributed by atoms with E-state index >= 15 is 0 Å². The molecule has 2 N–H and O–H groups in total. The number of hydrogen-bond acceptors (Lipinski definition) is 2. The first-order valence-electron chi connectivity index (χ1n) is 5.41. The van der Waals surface area contributed by atoms with Crippen molar-refractivity contribution >= 4 is 29.9 Å². The number of nitrogens with two attached hydrogens (primary N) is 1. The molecule has 6 heteroatoms. The molecule has 0 unspecified atom stereocenters. The summed E-state index contributed by atoms with van der Waals surface area (Å²) in [6.07, 6.45) is 1.39. The third kappa shape index (κ3) is 2.94. The van der Waals surface area contributed by atoms with Crippen molar-refractivity contribution < 1.29 is 9.18 Å². The topological polar surface area (TPSA) is 46.3 Å². The molecule has 2 rings (SSSR count). The quantitative estimate of drug-likeness (QED) is 0.930. The average molecular weight is 293 g/mol. The van der Waals surface area contributed by atoms with Crippen LogP contribution in [0.25, 0.3) is 0 Å². The molecule has 0 spiro atoms. The van der Waals surface area contributed by atoms with Gasteiger partial charge < -0.3 is 10.6 Å². The standard InChI is InChI=1S/C12H14ClFN2O.ClH/c1-16(11(17)12(15)5-6-12)7-8-9(13)3-2-4-10(8)14;/h2-4H,5-7,15H2,1H3;1H. The number of carbonyl (C=O) groups is 1. The third-order valence-electron chi connectivity index (χ3n) is 3.02. The maximum absolute atomic E-state index is 13.5. The molecule has 1 aliphatic carbocycles. The molecule has 1 aliphatic rings. The molecule has 0 atom stereocenters. The van der Waals surface area contributed by atoms with Gasteiger partial charge in [-0.3, -0.25) is 4.79 Å². The molecule has 1 aromatic rings. The molecule has 1 aromatic carbocycles. The minimum absolute atomic E-state index is 0. The lowest BCUT2D eigenvalue weighted by Crippen LogP contribution is -2.43. The average Bonchev–Trinajstić information content (AvgIpc) is 3.02. The smallest absolute Gasteiger partial charge is 0.242 e. The summed E-state index contributed by atoms with van der Waals surface area (Å²) in [6, 6.07) is 4.47. The van der Waals surface area contributed by atoms with Gasteiger partial charge >= 0.3 is 0 Å². The molecule has 0 aliphatic heterocycles. The molecular weight excluding hydrogens is 278 g/mol. The summed E-state index contributed by atoms with van der Waals surface area (Å²) in [4.78, 5) is 13.3. The molecule has 3 nitrogen and oxygen atoms in total. The van der Waals surface area contributed by atoms with Crippen molar-refractivity contribution in [3.8, 4) is 0 Å². The van der Waals surface area contributed by atoms with E-state index in [4.69, 9.17) is 17.3 Å². The van der Waals surface area contributed by atoms with Gasteiger partial charge in [-0.05, 0) is 25.0 Å². The van der Waals surface area contributed by atoms with Gasteiger partial charge in [0.2, 0.25) is 5.91 Å². The summed E-state index contributed by atoms with van der Waals surface area (Å²) in [5.41, 5.74) is 5.40. The van der Waals surface area contributed by atoms with Crippen molar-refractivity contribution in [1.82, 2.24) is 4.90 Å². The molecule has 100 valence electrons. The first kappa shape index (κ1) is 15.2. The zero-order valence-electron chi connectivity index (χ0n) is 9.95. The van der Waals surface area contributed by atoms with Crippen LogP contribution in [0.3, 0.4) is 0 Å². The van der Waals surface area contributed by atoms with E-state index in [1.54, 1.807) is 13.1 Å². The zero-order valence-corrected chi connectivity index (χ0v) is 11.5. The normalized spacial score (nSPS) is 15.8. The minimum atomic E-state index is -0.730. The second-order valence-electron chi connectivity index (χ2n) is 4.52. The van der Waals surface area contributed by atoms with E-state index in [1.165, 1.54) is 17.0 Å². The Bertz CT molecular complexity index is 443. The molecule has 0 bridgehead atoms. The molecule has 1 saturated carbocycles. The van der Waals surface area contributed by atoms with Crippen LogP contribution < -0.4 is 5.73 Å². The minimum Gasteiger partial charge on any atom is -0.340 e. The lowest BCUT2D eigenvalue weighted by molar-refractivity contribution is -0.132. The van der Waals surface area contributed by atoms with E-state index in [1.807, 2.05) is 0 Å². The predicted octanol–water partition coefficient (Wildman–Crippen LogP) is 2.35. The van der Waals surface area contributed by atoms with Crippen LogP contribution in [-0.2, 0) is 11.3 Å². The number of rotatable bonds is 3. The number of carbonyl (C=O) groups excluding carboxylic acids is 1. The summed E-state index contributed by atoms with van der Waals surface area (Å²) >= 11 is 5.90. The largest absolute Gasteiger partial charge is 0.340 e. The van der Waals surface area contributed by atoms with Crippen LogP contribution in [0.1, 0.15) is 18.4 Å². The molecule has 1 amide bonds. The Balaban J connectivity index is 0.00000162. The van der Waals surface area contributed by atoms with E-state index < -0.39 is 11.4 Å². The number of likely N-dealkylation sites (N-methyl/N-ethyl adjacent to an activating group) is 1. The van der Waals surface area contributed by atoms with Gasteiger partial charge in [-0.25, -0.2) is 4.39 Å². The Hall–Kier alpha value is -0.840. The van der Waals surface area contributed by atoms with Gasteiger partial charge in [0.05, 0.1) is 5.54 Å². The molecule has 18 heavy (non-hydrogen) atoms. The maximum atomic E-state index is 13.5. The van der Waals surface area contributed by atoms with Gasteiger partial charge in [-0.1, -0.05) is 17.7 Å². The van der Waals surface area contributed by atoms with Gasteiger partial charge in [0, 0.05) is 24.2 Å². The highest BCUT2D eigenvalue weighted by Gasteiger charge is 2.47. The van der Waals surface area contributed by atoms with Crippen LogP contribution in [0, 0.1) is 5.82 Å². The van der Waals surface area contributed by atoms with Crippen molar-refractivity contribution in [2.45, 2.75) is 24.9 Å². The second-order valence-corrected chi connectivity index (χ2v) is 4.92. The maximum Gasteiger partial charge on any atom is 0.242 e. The van der Waals surface area contributed by atoms with Gasteiger partial charge in [-0.2, -0.15) is 0 Å². The van der Waals surface area contributed by atoms with Crippen molar-refractivity contribution in [3.05, 3.63) is 34.6 Å². The van der Waals surface area contributed by atoms with Gasteiger partial charge in [0.1, 0.15) is 5.82 Å². The Kier molecular flexibility index (Phi) is 4.59. The van der Waals surface area contributed by atoms with Crippen LogP contribution in [0.2, 0.25) is 5.02 Å². The number of amides is 1. The van der Waals surface area contributed by atoms with Gasteiger partial charge in [0.25, 0.3) is 0 Å². The molecule has 1 fully saturated rings. The van der Waals surface area contributed by atoms with Gasteiger partial charge in [0.15, 0.2) is 0 Å². The fraction of sp³-hybridized carbons (Fsp3) is 0.417. The van der Waals surface area contributed by atoms with E-state index in [9.17, 15) is 9.18 Å². The second kappa shape index (κ2) is 5.43. The van der Waals surface area contributed by atoms with Crippen LogP contribution in [-0.4, -0.2) is 23.4 Å². The summed E-state index contributed by atoms with van der Waals surface area (Å²) in [5, 5.41) is 0.325. The molecule has 0 radical (unpaired) electrons. The highest BCUT2D eigenvalue weighted by Crippen LogP contribution is 2.34. The Morgan fingerprint density at radius 1 is 1.56 bits per heavy atom. The predicted molar refractivity (Wildman–Crippen MR) is 71.3 cm³/mol. The van der Waals surface area contributed by atoms with E-state index in [0.717, 1.165) is 0 Å². The van der Waals surface area contributed by atoms with Crippen molar-refractivity contribution in [2.75, 3.05) is 7.05 Å². The summed E-state index contributed by atoms with van der Waals surface area (Å²) in [7, 11) is 1.61. The van der Waals surface area contributed by atoms with Crippen LogP contribution >= 0.6 is 24.0 Å². The molecule has 0 saturated heterocycles. The van der Waals surface area contributed by atoms with E-state index in [0.29, 0.717) is 23.4 Å².